The van der Waals surface area contributed by atoms with E-state index in [1.54, 1.807) is 27.7 Å². The number of benzene rings is 2. The van der Waals surface area contributed by atoms with Gasteiger partial charge in [0, 0.05) is 12.2 Å². The first-order valence-electron chi connectivity index (χ1n) is 14.4. The van der Waals surface area contributed by atoms with Crippen LogP contribution in [0.3, 0.4) is 0 Å². The number of rotatable bonds is 15. The van der Waals surface area contributed by atoms with Crippen molar-refractivity contribution < 1.29 is 33.8 Å². The summed E-state index contributed by atoms with van der Waals surface area (Å²) in [7, 11) is 0. The summed E-state index contributed by atoms with van der Waals surface area (Å²) in [6.45, 7) is 11.0. The molecule has 2 aromatic rings. The Hall–Kier alpha value is -3.92. The maximum Gasteiger partial charge on any atom is 0.407 e. The molecule has 0 heterocycles. The quantitative estimate of drug-likeness (QED) is 0.123. The number of carboxylic acids is 1. The molecule has 0 radical (unpaired) electrons. The van der Waals surface area contributed by atoms with Crippen LogP contribution in [0.1, 0.15) is 67.2 Å². The van der Waals surface area contributed by atoms with Crippen molar-refractivity contribution in [1.29, 1.82) is 0 Å². The van der Waals surface area contributed by atoms with E-state index >= 15 is 0 Å². The van der Waals surface area contributed by atoms with E-state index in [1.165, 1.54) is 0 Å². The molecule has 0 aliphatic heterocycles. The molecule has 4 N–H and O–H groups in total. The summed E-state index contributed by atoms with van der Waals surface area (Å²) in [6, 6.07) is 14.6. The topological polar surface area (TPSA) is 143 Å². The minimum absolute atomic E-state index is 0.0382. The molecule has 0 fully saturated rings. The van der Waals surface area contributed by atoms with E-state index in [0.29, 0.717) is 31.5 Å². The fraction of sp³-hybridized carbons (Fsp3) is 0.500. The van der Waals surface area contributed by atoms with Gasteiger partial charge in [0.2, 0.25) is 0 Å². The fourth-order valence-electron chi connectivity index (χ4n) is 4.16. The number of alkyl carbamates (subject to hydrolysis) is 1. The average molecular weight is 584 g/mol. The maximum atomic E-state index is 13.0. The second kappa shape index (κ2) is 16.5. The highest BCUT2D eigenvalue weighted by molar-refractivity contribution is 5.92. The van der Waals surface area contributed by atoms with Gasteiger partial charge in [0.25, 0.3) is 0 Å². The molecule has 2 rings (SSSR count). The SMILES string of the molecule is CC(C)C[C@H](N[C@@H](CCCCNC(=O)OC(C)(C)C)C(=O)O)C(=O)OC(=O)[C@H](C)Nc1ccc(-c2ccccc2)cc1. The summed E-state index contributed by atoms with van der Waals surface area (Å²) in [5.41, 5.74) is 2.19. The van der Waals surface area contributed by atoms with Crippen LogP contribution in [0.25, 0.3) is 11.1 Å². The number of ether oxygens (including phenoxy) is 2. The lowest BCUT2D eigenvalue weighted by Crippen LogP contribution is -2.49. The summed E-state index contributed by atoms with van der Waals surface area (Å²) in [5, 5.41) is 18.3. The summed E-state index contributed by atoms with van der Waals surface area (Å²) in [5.74, 6) is -2.66. The van der Waals surface area contributed by atoms with Crippen molar-refractivity contribution in [1.82, 2.24) is 10.6 Å². The van der Waals surface area contributed by atoms with E-state index in [4.69, 9.17) is 9.47 Å². The monoisotopic (exact) mass is 583 g/mol. The van der Waals surface area contributed by atoms with Gasteiger partial charge in [-0.3, -0.25) is 10.1 Å². The van der Waals surface area contributed by atoms with Gasteiger partial charge in [0.05, 0.1) is 0 Å². The third kappa shape index (κ3) is 12.7. The number of aliphatic carboxylic acids is 1. The summed E-state index contributed by atoms with van der Waals surface area (Å²) >= 11 is 0. The molecule has 0 saturated carbocycles. The van der Waals surface area contributed by atoms with E-state index in [1.807, 2.05) is 68.4 Å². The number of anilines is 1. The largest absolute Gasteiger partial charge is 0.480 e. The van der Waals surface area contributed by atoms with Crippen molar-refractivity contribution >= 4 is 29.7 Å². The van der Waals surface area contributed by atoms with Crippen molar-refractivity contribution in [2.75, 3.05) is 11.9 Å². The zero-order valence-corrected chi connectivity index (χ0v) is 25.4. The Balaban J connectivity index is 1.90. The first-order chi connectivity index (χ1) is 19.7. The second-order valence-electron chi connectivity index (χ2n) is 11.7. The van der Waals surface area contributed by atoms with Crippen LogP contribution in [-0.4, -0.2) is 59.4 Å². The van der Waals surface area contributed by atoms with Crippen LogP contribution in [0.15, 0.2) is 54.6 Å². The Morgan fingerprint density at radius 1 is 0.833 bits per heavy atom. The molecule has 0 saturated heterocycles. The van der Waals surface area contributed by atoms with Gasteiger partial charge >= 0.3 is 24.0 Å². The molecular weight excluding hydrogens is 538 g/mol. The highest BCUT2D eigenvalue weighted by Gasteiger charge is 2.30. The molecular formula is C32H45N3O7. The lowest BCUT2D eigenvalue weighted by Gasteiger charge is -2.24. The van der Waals surface area contributed by atoms with Gasteiger partial charge in [-0.25, -0.2) is 14.4 Å². The number of carbonyl (C=O) groups is 4. The Morgan fingerprint density at radius 3 is 2.02 bits per heavy atom. The zero-order chi connectivity index (χ0) is 31.3. The summed E-state index contributed by atoms with van der Waals surface area (Å²) in [4.78, 5) is 49.4. The van der Waals surface area contributed by atoms with E-state index in [9.17, 15) is 24.3 Å². The predicted octanol–water partition coefficient (Wildman–Crippen LogP) is 5.38. The number of carbonyl (C=O) groups excluding carboxylic acids is 3. The molecule has 3 atom stereocenters. The smallest absolute Gasteiger partial charge is 0.407 e. The maximum absolute atomic E-state index is 13.0. The number of amides is 1. The predicted molar refractivity (Wildman–Crippen MR) is 162 cm³/mol. The van der Waals surface area contributed by atoms with Gasteiger partial charge in [-0.2, -0.15) is 0 Å². The molecule has 42 heavy (non-hydrogen) atoms. The molecule has 0 spiro atoms. The highest BCUT2D eigenvalue weighted by Crippen LogP contribution is 2.21. The average Bonchev–Trinajstić information content (AvgIpc) is 2.91. The van der Waals surface area contributed by atoms with Crippen LogP contribution in [0.2, 0.25) is 0 Å². The number of unbranched alkanes of at least 4 members (excludes halogenated alkanes) is 1. The molecule has 0 bridgehead atoms. The van der Waals surface area contributed by atoms with Gasteiger partial charge in [0.15, 0.2) is 0 Å². The molecule has 10 heteroatoms. The first-order valence-corrected chi connectivity index (χ1v) is 14.4. The number of nitrogens with one attached hydrogen (secondary N) is 3. The number of hydrogen-bond acceptors (Lipinski definition) is 8. The minimum Gasteiger partial charge on any atom is -0.480 e. The molecule has 2 aromatic carbocycles. The van der Waals surface area contributed by atoms with Gasteiger partial charge in [-0.15, -0.1) is 0 Å². The van der Waals surface area contributed by atoms with Gasteiger partial charge in [-0.05, 0) is 82.6 Å². The van der Waals surface area contributed by atoms with Crippen molar-refractivity contribution in [3.05, 3.63) is 54.6 Å². The van der Waals surface area contributed by atoms with Crippen LogP contribution in [0.4, 0.5) is 10.5 Å². The molecule has 0 aliphatic carbocycles. The lowest BCUT2D eigenvalue weighted by atomic mass is 10.0. The second-order valence-corrected chi connectivity index (χ2v) is 11.7. The fourth-order valence-corrected chi connectivity index (χ4v) is 4.16. The number of hydrogen-bond donors (Lipinski definition) is 4. The van der Waals surface area contributed by atoms with Crippen LogP contribution < -0.4 is 16.0 Å². The van der Waals surface area contributed by atoms with Crippen molar-refractivity contribution in [2.24, 2.45) is 5.92 Å². The molecule has 0 unspecified atom stereocenters. The van der Waals surface area contributed by atoms with Crippen molar-refractivity contribution in [3.8, 4) is 11.1 Å². The molecule has 10 nitrogen and oxygen atoms in total. The van der Waals surface area contributed by atoms with Gasteiger partial charge in [0.1, 0.15) is 23.7 Å². The lowest BCUT2D eigenvalue weighted by molar-refractivity contribution is -0.162. The number of esters is 2. The molecule has 1 amide bonds. The zero-order valence-electron chi connectivity index (χ0n) is 25.4. The number of carboxylic acid groups (broad SMARTS) is 1. The Bertz CT molecular complexity index is 1160. The van der Waals surface area contributed by atoms with E-state index in [2.05, 4.69) is 16.0 Å². The van der Waals surface area contributed by atoms with Crippen molar-refractivity contribution in [3.63, 3.8) is 0 Å². The Kier molecular flexibility index (Phi) is 13.5. The standard InChI is InChI=1S/C32H45N3O7/c1-21(2)20-27(35-26(28(36)37)14-10-11-19-33-31(40)42-32(4,5)6)30(39)41-29(38)22(3)34-25-17-15-24(16-18-25)23-12-8-7-9-13-23/h7-9,12-13,15-18,21-22,26-27,34-35H,10-11,14,19-20H2,1-6H3,(H,33,40)(H,36,37)/t22-,26-,27-/m0/s1. The van der Waals surface area contributed by atoms with Gasteiger partial charge in [-0.1, -0.05) is 56.3 Å². The van der Waals surface area contributed by atoms with Gasteiger partial charge < -0.3 is 25.2 Å². The van der Waals surface area contributed by atoms with Crippen molar-refractivity contribution in [2.45, 2.75) is 91.0 Å². The van der Waals surface area contributed by atoms with E-state index in [0.717, 1.165) is 11.1 Å². The Labute approximate surface area is 248 Å². The van der Waals surface area contributed by atoms with Crippen LogP contribution in [0.5, 0.6) is 0 Å². The molecule has 230 valence electrons. The third-order valence-electron chi connectivity index (χ3n) is 6.21. The summed E-state index contributed by atoms with van der Waals surface area (Å²) < 4.78 is 10.4. The third-order valence-corrected chi connectivity index (χ3v) is 6.21. The Morgan fingerprint density at radius 2 is 1.45 bits per heavy atom. The van der Waals surface area contributed by atoms with E-state index < -0.39 is 47.7 Å². The molecule has 0 aliphatic rings. The van der Waals surface area contributed by atoms with E-state index in [-0.39, 0.29) is 12.3 Å². The minimum atomic E-state index is -1.11. The normalized spacial score (nSPS) is 13.5. The summed E-state index contributed by atoms with van der Waals surface area (Å²) in [6.07, 6.45) is 0.980. The van der Waals surface area contributed by atoms with Crippen LogP contribution >= 0.6 is 0 Å². The molecule has 0 aromatic heterocycles. The first kappa shape index (κ1) is 34.3. The van der Waals surface area contributed by atoms with Crippen LogP contribution in [-0.2, 0) is 23.9 Å². The van der Waals surface area contributed by atoms with Crippen LogP contribution in [0, 0.1) is 5.92 Å². The highest BCUT2D eigenvalue weighted by atomic mass is 16.6.